The summed E-state index contributed by atoms with van der Waals surface area (Å²) in [4.78, 5) is 20.2. The second-order valence-electron chi connectivity index (χ2n) is 3.49. The van der Waals surface area contributed by atoms with Crippen LogP contribution in [0.4, 0.5) is 0 Å². The smallest absolute Gasteiger partial charge is 0.246 e. The highest BCUT2D eigenvalue weighted by Gasteiger charge is 2.15. The first-order valence-electron chi connectivity index (χ1n) is 5.29. The van der Waals surface area contributed by atoms with E-state index < -0.39 is 0 Å². The van der Waals surface area contributed by atoms with Crippen LogP contribution in [0.15, 0.2) is 36.8 Å². The minimum atomic E-state index is -0.126. The number of carbonyl (C=O) groups excluding carboxylic acids is 1. The predicted octanol–water partition coefficient (Wildman–Crippen LogP) is 1.92. The molecule has 2 aromatic rings. The molecular formula is C12H13N3O. The van der Waals surface area contributed by atoms with Crippen LogP contribution in [0.3, 0.4) is 0 Å². The van der Waals surface area contributed by atoms with E-state index >= 15 is 0 Å². The van der Waals surface area contributed by atoms with E-state index in [1.807, 2.05) is 10.8 Å². The monoisotopic (exact) mass is 215 g/mol. The first-order valence-corrected chi connectivity index (χ1v) is 5.29. The van der Waals surface area contributed by atoms with Crippen molar-refractivity contribution in [2.75, 3.05) is 0 Å². The summed E-state index contributed by atoms with van der Waals surface area (Å²) in [6, 6.07) is 5.29. The van der Waals surface area contributed by atoms with Gasteiger partial charge in [-0.2, -0.15) is 0 Å². The number of hydrogen-bond donors (Lipinski definition) is 0. The zero-order valence-electron chi connectivity index (χ0n) is 9.13. The summed E-state index contributed by atoms with van der Waals surface area (Å²) in [7, 11) is 0. The predicted molar refractivity (Wildman–Crippen MR) is 60.2 cm³/mol. The van der Waals surface area contributed by atoms with Gasteiger partial charge in [-0.1, -0.05) is 13.0 Å². The summed E-state index contributed by atoms with van der Waals surface area (Å²) in [6.45, 7) is 2.86. The minimum absolute atomic E-state index is 0.126. The molecule has 0 saturated heterocycles. The maximum atomic E-state index is 12.1. The van der Waals surface area contributed by atoms with Crippen LogP contribution in [0.1, 0.15) is 29.7 Å². The molecule has 0 fully saturated rings. The average molecular weight is 215 g/mol. The molecule has 0 aliphatic heterocycles. The van der Waals surface area contributed by atoms with E-state index in [9.17, 15) is 4.79 Å². The van der Waals surface area contributed by atoms with Gasteiger partial charge in [0.25, 0.3) is 0 Å². The van der Waals surface area contributed by atoms with E-state index in [0.717, 1.165) is 13.0 Å². The lowest BCUT2D eigenvalue weighted by Crippen LogP contribution is -2.12. The van der Waals surface area contributed by atoms with Crippen molar-refractivity contribution in [2.24, 2.45) is 0 Å². The van der Waals surface area contributed by atoms with Gasteiger partial charge in [0.1, 0.15) is 5.69 Å². The Kier molecular flexibility index (Phi) is 3.10. The number of nitrogens with zero attached hydrogens (tertiary/aromatic N) is 3. The summed E-state index contributed by atoms with van der Waals surface area (Å²) in [5, 5.41) is 0. The van der Waals surface area contributed by atoms with Crippen LogP contribution in [0, 0.1) is 0 Å². The average Bonchev–Trinajstić information content (AvgIpc) is 2.78. The van der Waals surface area contributed by atoms with Gasteiger partial charge in [0.15, 0.2) is 5.82 Å². The number of pyridine rings is 1. The van der Waals surface area contributed by atoms with Gasteiger partial charge in [-0.15, -0.1) is 0 Å². The molecule has 4 heteroatoms. The highest BCUT2D eigenvalue weighted by atomic mass is 16.1. The first kappa shape index (κ1) is 10.5. The van der Waals surface area contributed by atoms with Crippen LogP contribution in [0.2, 0.25) is 0 Å². The largest absolute Gasteiger partial charge is 0.328 e. The number of hydrogen-bond acceptors (Lipinski definition) is 3. The lowest BCUT2D eigenvalue weighted by Gasteiger charge is -2.04. The minimum Gasteiger partial charge on any atom is -0.328 e. The number of carbonyl (C=O) groups is 1. The Morgan fingerprint density at radius 1 is 1.31 bits per heavy atom. The molecule has 0 aromatic carbocycles. The van der Waals surface area contributed by atoms with Gasteiger partial charge in [0.2, 0.25) is 5.78 Å². The lowest BCUT2D eigenvalue weighted by atomic mass is 10.2. The standard InChI is InChI=1S/C12H13N3O/c1-2-8-15-9-7-14-12(15)11(16)10-5-3-4-6-13-10/h3-7,9H,2,8H2,1H3. The van der Waals surface area contributed by atoms with Crippen molar-refractivity contribution in [3.8, 4) is 0 Å². The highest BCUT2D eigenvalue weighted by molar-refractivity contribution is 6.05. The molecule has 0 bridgehead atoms. The number of rotatable bonds is 4. The SMILES string of the molecule is CCCn1ccnc1C(=O)c1ccccn1. The van der Waals surface area contributed by atoms with Gasteiger partial charge in [0.05, 0.1) is 0 Å². The molecule has 0 spiro atoms. The molecule has 0 atom stereocenters. The number of aryl methyl sites for hydroxylation is 1. The highest BCUT2D eigenvalue weighted by Crippen LogP contribution is 2.06. The van der Waals surface area contributed by atoms with E-state index in [1.165, 1.54) is 0 Å². The lowest BCUT2D eigenvalue weighted by molar-refractivity contribution is 0.102. The Bertz CT molecular complexity index is 476. The molecule has 0 unspecified atom stereocenters. The molecule has 0 saturated carbocycles. The quantitative estimate of drug-likeness (QED) is 0.732. The Morgan fingerprint density at radius 2 is 2.19 bits per heavy atom. The first-order chi connectivity index (χ1) is 7.83. The van der Waals surface area contributed by atoms with Gasteiger partial charge in [-0.05, 0) is 18.6 Å². The molecule has 0 radical (unpaired) electrons. The molecule has 2 rings (SSSR count). The fraction of sp³-hybridized carbons (Fsp3) is 0.250. The van der Waals surface area contributed by atoms with E-state index in [4.69, 9.17) is 0 Å². The van der Waals surface area contributed by atoms with E-state index in [-0.39, 0.29) is 5.78 Å². The summed E-state index contributed by atoms with van der Waals surface area (Å²) in [5.74, 6) is 0.333. The van der Waals surface area contributed by atoms with Gasteiger partial charge in [-0.3, -0.25) is 9.78 Å². The second kappa shape index (κ2) is 4.70. The zero-order chi connectivity index (χ0) is 11.4. The van der Waals surface area contributed by atoms with Gasteiger partial charge >= 0.3 is 0 Å². The summed E-state index contributed by atoms with van der Waals surface area (Å²) in [5.41, 5.74) is 0.436. The molecule has 4 nitrogen and oxygen atoms in total. The molecule has 0 amide bonds. The summed E-state index contributed by atoms with van der Waals surface area (Å²) in [6.07, 6.45) is 6.05. The third-order valence-corrected chi connectivity index (χ3v) is 2.28. The van der Waals surface area contributed by atoms with Crippen molar-refractivity contribution in [3.05, 3.63) is 48.3 Å². The third-order valence-electron chi connectivity index (χ3n) is 2.28. The van der Waals surface area contributed by atoms with Crippen molar-refractivity contribution in [1.29, 1.82) is 0 Å². The Labute approximate surface area is 94.0 Å². The molecule has 0 aliphatic rings. The van der Waals surface area contributed by atoms with Crippen LogP contribution >= 0.6 is 0 Å². The maximum Gasteiger partial charge on any atom is 0.246 e. The van der Waals surface area contributed by atoms with Crippen molar-refractivity contribution < 1.29 is 4.79 Å². The summed E-state index contributed by atoms with van der Waals surface area (Å²) >= 11 is 0. The molecule has 2 heterocycles. The number of imidazole rings is 1. The normalized spacial score (nSPS) is 10.3. The molecule has 0 aliphatic carbocycles. The van der Waals surface area contributed by atoms with Gasteiger partial charge in [-0.25, -0.2) is 4.98 Å². The fourth-order valence-electron chi connectivity index (χ4n) is 1.55. The Balaban J connectivity index is 2.31. The van der Waals surface area contributed by atoms with Crippen LogP contribution in [0.5, 0.6) is 0 Å². The summed E-state index contributed by atoms with van der Waals surface area (Å²) < 4.78 is 1.86. The van der Waals surface area contributed by atoms with Crippen LogP contribution in [-0.2, 0) is 6.54 Å². The van der Waals surface area contributed by atoms with E-state index in [1.54, 1.807) is 30.6 Å². The number of aromatic nitrogens is 3. The Morgan fingerprint density at radius 3 is 2.88 bits per heavy atom. The van der Waals surface area contributed by atoms with E-state index in [0.29, 0.717) is 11.5 Å². The fourth-order valence-corrected chi connectivity index (χ4v) is 1.55. The van der Waals surface area contributed by atoms with Gasteiger partial charge in [0, 0.05) is 25.1 Å². The van der Waals surface area contributed by atoms with Crippen LogP contribution in [0.25, 0.3) is 0 Å². The zero-order valence-corrected chi connectivity index (χ0v) is 9.13. The number of ketones is 1. The molecule has 0 N–H and O–H groups in total. The molecule has 2 aromatic heterocycles. The Hall–Kier alpha value is -1.97. The van der Waals surface area contributed by atoms with Crippen LogP contribution < -0.4 is 0 Å². The van der Waals surface area contributed by atoms with Crippen molar-refractivity contribution >= 4 is 5.78 Å². The topological polar surface area (TPSA) is 47.8 Å². The molecule has 82 valence electrons. The van der Waals surface area contributed by atoms with Crippen molar-refractivity contribution in [3.63, 3.8) is 0 Å². The molecular weight excluding hydrogens is 202 g/mol. The van der Waals surface area contributed by atoms with Crippen molar-refractivity contribution in [2.45, 2.75) is 19.9 Å². The maximum absolute atomic E-state index is 12.1. The van der Waals surface area contributed by atoms with Crippen LogP contribution in [-0.4, -0.2) is 20.3 Å². The van der Waals surface area contributed by atoms with Gasteiger partial charge < -0.3 is 4.57 Å². The third kappa shape index (κ3) is 2.00. The molecule has 16 heavy (non-hydrogen) atoms. The van der Waals surface area contributed by atoms with Crippen molar-refractivity contribution in [1.82, 2.24) is 14.5 Å². The second-order valence-corrected chi connectivity index (χ2v) is 3.49. The van der Waals surface area contributed by atoms with E-state index in [2.05, 4.69) is 16.9 Å².